The van der Waals surface area contributed by atoms with Gasteiger partial charge in [0.1, 0.15) is 5.02 Å². The number of nitrogens with one attached hydrogen (secondary N) is 1. The van der Waals surface area contributed by atoms with Crippen LogP contribution in [-0.4, -0.2) is 28.6 Å². The molecular formula is C11H13ClN2O4. The molecule has 0 bridgehead atoms. The first-order valence-corrected chi connectivity index (χ1v) is 5.69. The molecule has 0 aliphatic carbocycles. The molecule has 7 heteroatoms. The molecule has 1 atom stereocenters. The van der Waals surface area contributed by atoms with Gasteiger partial charge in [0.05, 0.1) is 10.5 Å². The number of rotatable bonds is 5. The molecular weight excluding hydrogens is 260 g/mol. The van der Waals surface area contributed by atoms with E-state index in [2.05, 4.69) is 5.32 Å². The van der Waals surface area contributed by atoms with E-state index in [1.807, 2.05) is 0 Å². The van der Waals surface area contributed by atoms with Crippen molar-refractivity contribution in [2.24, 2.45) is 0 Å². The van der Waals surface area contributed by atoms with Gasteiger partial charge in [-0.2, -0.15) is 0 Å². The van der Waals surface area contributed by atoms with Crippen molar-refractivity contribution in [3.63, 3.8) is 0 Å². The van der Waals surface area contributed by atoms with Gasteiger partial charge in [0.15, 0.2) is 0 Å². The molecule has 1 aromatic carbocycles. The highest BCUT2D eigenvalue weighted by Crippen LogP contribution is 2.27. The normalized spacial score (nSPS) is 11.9. The lowest BCUT2D eigenvalue weighted by Gasteiger charge is -2.12. The minimum Gasteiger partial charge on any atom is -0.396 e. The van der Waals surface area contributed by atoms with Gasteiger partial charge < -0.3 is 10.4 Å². The third kappa shape index (κ3) is 3.41. The molecule has 98 valence electrons. The van der Waals surface area contributed by atoms with Gasteiger partial charge in [0, 0.05) is 18.7 Å². The van der Waals surface area contributed by atoms with E-state index in [1.165, 1.54) is 18.2 Å². The molecule has 0 aliphatic heterocycles. The van der Waals surface area contributed by atoms with Gasteiger partial charge in [-0.3, -0.25) is 14.9 Å². The van der Waals surface area contributed by atoms with E-state index in [9.17, 15) is 14.9 Å². The van der Waals surface area contributed by atoms with E-state index >= 15 is 0 Å². The molecule has 0 spiro atoms. The van der Waals surface area contributed by atoms with Gasteiger partial charge in [0.2, 0.25) is 0 Å². The Bertz CT molecular complexity index is 464. The van der Waals surface area contributed by atoms with E-state index in [-0.39, 0.29) is 28.9 Å². The molecule has 1 unspecified atom stereocenters. The number of hydrogen-bond donors (Lipinski definition) is 2. The Morgan fingerprint density at radius 1 is 1.61 bits per heavy atom. The molecule has 1 rings (SSSR count). The van der Waals surface area contributed by atoms with Crippen LogP contribution >= 0.6 is 11.6 Å². The SMILES string of the molecule is CC(CCO)NC(=O)c1cccc([N+](=O)[O-])c1Cl. The summed E-state index contributed by atoms with van der Waals surface area (Å²) < 4.78 is 0. The smallest absolute Gasteiger partial charge is 0.288 e. The zero-order valence-electron chi connectivity index (χ0n) is 9.72. The Morgan fingerprint density at radius 2 is 2.28 bits per heavy atom. The van der Waals surface area contributed by atoms with Crippen LogP contribution in [-0.2, 0) is 0 Å². The van der Waals surface area contributed by atoms with E-state index in [0.29, 0.717) is 6.42 Å². The number of halogens is 1. The average Bonchev–Trinajstić information content (AvgIpc) is 2.28. The van der Waals surface area contributed by atoms with Crippen molar-refractivity contribution >= 4 is 23.2 Å². The van der Waals surface area contributed by atoms with Crippen molar-refractivity contribution in [3.8, 4) is 0 Å². The van der Waals surface area contributed by atoms with E-state index in [4.69, 9.17) is 16.7 Å². The summed E-state index contributed by atoms with van der Waals surface area (Å²) in [6.07, 6.45) is 0.401. The van der Waals surface area contributed by atoms with Crippen molar-refractivity contribution < 1.29 is 14.8 Å². The molecule has 0 saturated heterocycles. The maximum Gasteiger partial charge on any atom is 0.288 e. The average molecular weight is 273 g/mol. The summed E-state index contributed by atoms with van der Waals surface area (Å²) in [5.74, 6) is -0.496. The summed E-state index contributed by atoms with van der Waals surface area (Å²) in [5, 5.41) is 21.8. The van der Waals surface area contributed by atoms with Crippen molar-refractivity contribution in [2.75, 3.05) is 6.61 Å². The molecule has 18 heavy (non-hydrogen) atoms. The molecule has 0 heterocycles. The molecule has 0 fully saturated rings. The fourth-order valence-corrected chi connectivity index (χ4v) is 1.68. The third-order valence-corrected chi connectivity index (χ3v) is 2.76. The Morgan fingerprint density at radius 3 is 2.83 bits per heavy atom. The maximum absolute atomic E-state index is 11.8. The van der Waals surface area contributed by atoms with Gasteiger partial charge in [-0.05, 0) is 19.4 Å². The molecule has 1 aromatic rings. The lowest BCUT2D eigenvalue weighted by molar-refractivity contribution is -0.384. The fourth-order valence-electron chi connectivity index (χ4n) is 1.40. The second-order valence-electron chi connectivity index (χ2n) is 3.78. The largest absolute Gasteiger partial charge is 0.396 e. The summed E-state index contributed by atoms with van der Waals surface area (Å²) in [5.41, 5.74) is -0.255. The lowest BCUT2D eigenvalue weighted by Crippen LogP contribution is -2.33. The Labute approximate surface area is 109 Å². The summed E-state index contributed by atoms with van der Waals surface area (Å²) in [7, 11) is 0. The van der Waals surface area contributed by atoms with Gasteiger partial charge in [-0.25, -0.2) is 0 Å². The Kier molecular flexibility index (Phi) is 5.06. The van der Waals surface area contributed by atoms with Gasteiger partial charge in [-0.15, -0.1) is 0 Å². The maximum atomic E-state index is 11.8. The molecule has 6 nitrogen and oxygen atoms in total. The zero-order valence-corrected chi connectivity index (χ0v) is 10.5. The van der Waals surface area contributed by atoms with Gasteiger partial charge in [-0.1, -0.05) is 17.7 Å². The first kappa shape index (κ1) is 14.4. The van der Waals surface area contributed by atoms with Crippen LogP contribution in [0.1, 0.15) is 23.7 Å². The number of carbonyl (C=O) groups is 1. The van der Waals surface area contributed by atoms with Crippen LogP contribution in [0.4, 0.5) is 5.69 Å². The number of aliphatic hydroxyl groups is 1. The highest BCUT2D eigenvalue weighted by molar-refractivity contribution is 6.35. The predicted molar refractivity (Wildman–Crippen MR) is 66.7 cm³/mol. The van der Waals surface area contributed by atoms with Crippen molar-refractivity contribution in [1.82, 2.24) is 5.32 Å². The van der Waals surface area contributed by atoms with Crippen LogP contribution in [0.25, 0.3) is 0 Å². The Balaban J connectivity index is 2.93. The number of nitrogens with zero attached hydrogens (tertiary/aromatic N) is 1. The summed E-state index contributed by atoms with van der Waals surface area (Å²) in [6, 6.07) is 3.81. The molecule has 0 aromatic heterocycles. The number of hydrogen-bond acceptors (Lipinski definition) is 4. The van der Waals surface area contributed by atoms with E-state index < -0.39 is 10.8 Å². The lowest BCUT2D eigenvalue weighted by atomic mass is 10.1. The fraction of sp³-hybridized carbons (Fsp3) is 0.364. The van der Waals surface area contributed by atoms with E-state index in [1.54, 1.807) is 6.92 Å². The molecule has 1 amide bonds. The zero-order chi connectivity index (χ0) is 13.7. The first-order valence-electron chi connectivity index (χ1n) is 5.32. The van der Waals surface area contributed by atoms with Crippen LogP contribution in [0.2, 0.25) is 5.02 Å². The number of benzene rings is 1. The molecule has 2 N–H and O–H groups in total. The number of aliphatic hydroxyl groups excluding tert-OH is 1. The minimum absolute atomic E-state index is 0.0515. The van der Waals surface area contributed by atoms with Gasteiger partial charge >= 0.3 is 0 Å². The molecule has 0 saturated carbocycles. The molecule has 0 aliphatic rings. The molecule has 0 radical (unpaired) electrons. The quantitative estimate of drug-likeness (QED) is 0.631. The van der Waals surface area contributed by atoms with Crippen molar-refractivity contribution in [2.45, 2.75) is 19.4 Å². The summed E-state index contributed by atoms with van der Waals surface area (Å²) in [4.78, 5) is 21.9. The van der Waals surface area contributed by atoms with Crippen molar-refractivity contribution in [1.29, 1.82) is 0 Å². The van der Waals surface area contributed by atoms with Crippen LogP contribution in [0, 0.1) is 10.1 Å². The standard InChI is InChI=1S/C11H13ClN2O4/c1-7(5-6-15)13-11(16)8-3-2-4-9(10(8)12)14(17)18/h2-4,7,15H,5-6H2,1H3,(H,13,16). The van der Waals surface area contributed by atoms with Gasteiger partial charge in [0.25, 0.3) is 11.6 Å². The predicted octanol–water partition coefficient (Wildman–Crippen LogP) is 1.75. The van der Waals surface area contributed by atoms with Crippen LogP contribution < -0.4 is 5.32 Å². The number of nitro benzene ring substituents is 1. The first-order chi connectivity index (χ1) is 8.47. The summed E-state index contributed by atoms with van der Waals surface area (Å²) in [6.45, 7) is 1.67. The number of amides is 1. The van der Waals surface area contributed by atoms with Crippen LogP contribution in [0.5, 0.6) is 0 Å². The highest BCUT2D eigenvalue weighted by atomic mass is 35.5. The summed E-state index contributed by atoms with van der Waals surface area (Å²) >= 11 is 5.81. The topological polar surface area (TPSA) is 92.5 Å². The second-order valence-corrected chi connectivity index (χ2v) is 4.16. The number of nitro groups is 1. The van der Waals surface area contributed by atoms with Crippen LogP contribution in [0.15, 0.2) is 18.2 Å². The van der Waals surface area contributed by atoms with Crippen molar-refractivity contribution in [3.05, 3.63) is 38.9 Å². The van der Waals surface area contributed by atoms with E-state index in [0.717, 1.165) is 0 Å². The Hall–Kier alpha value is -1.66. The second kappa shape index (κ2) is 6.32. The highest BCUT2D eigenvalue weighted by Gasteiger charge is 2.20. The number of carbonyl (C=O) groups excluding carboxylic acids is 1. The minimum atomic E-state index is -0.643. The third-order valence-electron chi connectivity index (χ3n) is 2.36. The monoisotopic (exact) mass is 272 g/mol. The van der Waals surface area contributed by atoms with Crippen LogP contribution in [0.3, 0.4) is 0 Å².